The van der Waals surface area contributed by atoms with Gasteiger partial charge >= 0.3 is 0 Å². The van der Waals surface area contributed by atoms with Gasteiger partial charge in [0.1, 0.15) is 17.3 Å². The Hall–Kier alpha value is -4.54. The van der Waals surface area contributed by atoms with Crippen LogP contribution in [-0.4, -0.2) is 26.3 Å². The molecule has 3 aromatic rings. The first-order valence-corrected chi connectivity index (χ1v) is 8.14. The van der Waals surface area contributed by atoms with Crippen LogP contribution in [0.5, 0.6) is 11.5 Å². The largest absolute Gasteiger partial charge is 0.455 e. The number of nitrogens with two attached hydrogens (primary N) is 1. The zero-order valence-electron chi connectivity index (χ0n) is 14.5. The molecule has 0 fully saturated rings. The lowest BCUT2D eigenvalue weighted by Gasteiger charge is -2.13. The van der Waals surface area contributed by atoms with E-state index in [9.17, 15) is 24.5 Å². The highest BCUT2D eigenvalue weighted by molar-refractivity contribution is 6.23. The van der Waals surface area contributed by atoms with Crippen LogP contribution in [0.1, 0.15) is 20.7 Å². The van der Waals surface area contributed by atoms with Crippen molar-refractivity contribution in [2.45, 2.75) is 0 Å². The fourth-order valence-corrected chi connectivity index (χ4v) is 2.95. The molecule has 4 rings (SSSR count). The molecule has 1 aromatic carbocycles. The molecule has 3 N–H and O–H groups in total. The van der Waals surface area contributed by atoms with Crippen LogP contribution in [0.2, 0.25) is 0 Å². The summed E-state index contributed by atoms with van der Waals surface area (Å²) in [6.07, 6.45) is 2.94. The number of hydrogen-bond donors (Lipinski definition) is 2. The minimum Gasteiger partial charge on any atom is -0.455 e. The number of rotatable bonds is 4. The smallest absolute Gasteiger partial charge is 0.275 e. The Morgan fingerprint density at radius 3 is 2.59 bits per heavy atom. The summed E-state index contributed by atoms with van der Waals surface area (Å²) >= 11 is 0. The maximum Gasteiger partial charge on any atom is 0.275 e. The summed E-state index contributed by atoms with van der Waals surface area (Å²) in [6, 6.07) is 7.78. The van der Waals surface area contributed by atoms with Crippen molar-refractivity contribution in [3.8, 4) is 17.2 Å². The van der Waals surface area contributed by atoms with Crippen LogP contribution in [-0.2, 0) is 0 Å². The number of amides is 2. The van der Waals surface area contributed by atoms with Crippen molar-refractivity contribution < 1.29 is 19.2 Å². The van der Waals surface area contributed by atoms with E-state index in [2.05, 4.69) is 10.3 Å². The number of benzene rings is 1. The van der Waals surface area contributed by atoms with Crippen LogP contribution in [0.25, 0.3) is 5.69 Å². The summed E-state index contributed by atoms with van der Waals surface area (Å²) in [6.45, 7) is 0. The number of hydrogen-bond acceptors (Lipinski definition) is 8. The van der Waals surface area contributed by atoms with Crippen LogP contribution in [0.15, 0.2) is 53.6 Å². The van der Waals surface area contributed by atoms with Gasteiger partial charge in [0, 0.05) is 24.4 Å². The number of nitrogens with zero attached hydrogens (tertiary/aromatic N) is 3. The van der Waals surface area contributed by atoms with Gasteiger partial charge in [0.15, 0.2) is 0 Å². The monoisotopic (exact) mass is 393 g/mol. The van der Waals surface area contributed by atoms with E-state index in [1.165, 1.54) is 24.5 Å². The lowest BCUT2D eigenvalue weighted by atomic mass is 10.1. The number of non-ortho nitro benzene ring substituents is 1. The molecule has 2 amide bonds. The first kappa shape index (κ1) is 17.9. The fourth-order valence-electron chi connectivity index (χ4n) is 2.95. The molecule has 11 heteroatoms. The number of carbonyl (C=O) groups excluding carboxylic acids is 2. The number of fused-ring (bicyclic) bond motifs is 1. The van der Waals surface area contributed by atoms with Crippen molar-refractivity contribution in [2.75, 3.05) is 5.73 Å². The first-order chi connectivity index (χ1) is 13.8. The summed E-state index contributed by atoms with van der Waals surface area (Å²) in [5.41, 5.74) is 4.55. The molecule has 0 aliphatic carbocycles. The molecular weight excluding hydrogens is 382 g/mol. The predicted molar refractivity (Wildman–Crippen MR) is 99.2 cm³/mol. The second-order valence-corrected chi connectivity index (χ2v) is 6.01. The molecule has 11 nitrogen and oxygen atoms in total. The third-order valence-corrected chi connectivity index (χ3v) is 4.17. The Balaban J connectivity index is 1.91. The van der Waals surface area contributed by atoms with E-state index in [0.29, 0.717) is 5.75 Å². The number of carbonyl (C=O) groups is 2. The van der Waals surface area contributed by atoms with Crippen molar-refractivity contribution in [3.05, 3.63) is 80.4 Å². The Morgan fingerprint density at radius 2 is 1.90 bits per heavy atom. The molecule has 0 unspecified atom stereocenters. The van der Waals surface area contributed by atoms with Gasteiger partial charge < -0.3 is 10.5 Å². The first-order valence-electron chi connectivity index (χ1n) is 8.14. The predicted octanol–water partition coefficient (Wildman–Crippen LogP) is 1.40. The van der Waals surface area contributed by atoms with E-state index in [1.807, 2.05) is 0 Å². The molecule has 0 radical (unpaired) electrons. The van der Waals surface area contributed by atoms with Crippen LogP contribution in [0.4, 0.5) is 11.5 Å². The van der Waals surface area contributed by atoms with Crippen LogP contribution >= 0.6 is 0 Å². The van der Waals surface area contributed by atoms with E-state index < -0.39 is 22.3 Å². The molecule has 0 bridgehead atoms. The number of nitro groups is 1. The molecule has 1 aliphatic heterocycles. The standard InChI is InChI=1S/C18H11N5O6/c19-16-15-13(17(25)21-18(15)26)7-14(24)22(16)9-4-10(23(27)28)6-12(5-9)29-11-2-1-3-20-8-11/h1-8H,19H2,(H,21,25,26). The summed E-state index contributed by atoms with van der Waals surface area (Å²) in [4.78, 5) is 50.9. The van der Waals surface area contributed by atoms with Crippen molar-refractivity contribution in [1.29, 1.82) is 0 Å². The molecule has 0 spiro atoms. The molecule has 29 heavy (non-hydrogen) atoms. The Labute approximate surface area is 161 Å². The lowest BCUT2D eigenvalue weighted by Crippen LogP contribution is -2.24. The highest BCUT2D eigenvalue weighted by Crippen LogP contribution is 2.30. The maximum absolute atomic E-state index is 12.6. The molecule has 2 aromatic heterocycles. The van der Waals surface area contributed by atoms with Crippen LogP contribution < -0.4 is 21.3 Å². The summed E-state index contributed by atoms with van der Waals surface area (Å²) in [5, 5.41) is 13.4. The van der Waals surface area contributed by atoms with Crippen molar-refractivity contribution in [3.63, 3.8) is 0 Å². The third-order valence-electron chi connectivity index (χ3n) is 4.17. The van der Waals surface area contributed by atoms with E-state index >= 15 is 0 Å². The minimum atomic E-state index is -0.756. The van der Waals surface area contributed by atoms with Crippen LogP contribution in [0, 0.1) is 10.1 Å². The van der Waals surface area contributed by atoms with E-state index in [4.69, 9.17) is 10.5 Å². The van der Waals surface area contributed by atoms with Gasteiger partial charge in [0.2, 0.25) is 0 Å². The van der Waals surface area contributed by atoms with Gasteiger partial charge in [-0.3, -0.25) is 39.4 Å². The second kappa shape index (κ2) is 6.56. The number of pyridine rings is 2. The number of imide groups is 1. The zero-order chi connectivity index (χ0) is 20.7. The lowest BCUT2D eigenvalue weighted by molar-refractivity contribution is -0.384. The van der Waals surface area contributed by atoms with Crippen molar-refractivity contribution >= 4 is 23.3 Å². The quantitative estimate of drug-likeness (QED) is 0.382. The Morgan fingerprint density at radius 1 is 1.10 bits per heavy atom. The minimum absolute atomic E-state index is 0.00413. The average Bonchev–Trinajstić information content (AvgIpc) is 2.96. The Kier molecular flexibility index (Phi) is 4.04. The van der Waals surface area contributed by atoms with Gasteiger partial charge in [0.05, 0.1) is 34.0 Å². The van der Waals surface area contributed by atoms with Gasteiger partial charge in [-0.15, -0.1) is 0 Å². The number of nitro benzene ring substituents is 1. The molecule has 1 aliphatic rings. The molecule has 144 valence electrons. The molecule has 0 saturated heterocycles. The maximum atomic E-state index is 12.6. The summed E-state index contributed by atoms with van der Waals surface area (Å²) < 4.78 is 6.49. The fraction of sp³-hybridized carbons (Fsp3) is 0. The van der Waals surface area contributed by atoms with E-state index in [-0.39, 0.29) is 34.1 Å². The van der Waals surface area contributed by atoms with Crippen LogP contribution in [0.3, 0.4) is 0 Å². The topological polar surface area (TPSA) is 159 Å². The number of nitrogen functional groups attached to an aromatic ring is 1. The van der Waals surface area contributed by atoms with E-state index in [0.717, 1.165) is 16.7 Å². The number of nitrogens with one attached hydrogen (secondary N) is 1. The molecule has 0 atom stereocenters. The van der Waals surface area contributed by atoms with Gasteiger partial charge in [-0.1, -0.05) is 0 Å². The normalized spacial score (nSPS) is 12.4. The SMILES string of the molecule is Nc1c2c(cc(=O)n1-c1cc(Oc3cccnc3)cc([N+](=O)[O-])c1)C(=O)NC2=O. The highest BCUT2D eigenvalue weighted by Gasteiger charge is 2.32. The third kappa shape index (κ3) is 3.06. The summed E-state index contributed by atoms with van der Waals surface area (Å²) in [5.74, 6) is -1.44. The number of aromatic nitrogens is 2. The second-order valence-electron chi connectivity index (χ2n) is 6.01. The molecular formula is C18H11N5O6. The van der Waals surface area contributed by atoms with Gasteiger partial charge in [-0.05, 0) is 12.1 Å². The van der Waals surface area contributed by atoms with Crippen molar-refractivity contribution in [2.24, 2.45) is 0 Å². The number of anilines is 1. The average molecular weight is 393 g/mol. The van der Waals surface area contributed by atoms with Gasteiger partial charge in [-0.2, -0.15) is 0 Å². The van der Waals surface area contributed by atoms with Gasteiger partial charge in [-0.25, -0.2) is 0 Å². The highest BCUT2D eigenvalue weighted by atomic mass is 16.6. The number of ether oxygens (including phenoxy) is 1. The summed E-state index contributed by atoms with van der Waals surface area (Å²) in [7, 11) is 0. The Bertz CT molecular complexity index is 1250. The van der Waals surface area contributed by atoms with E-state index in [1.54, 1.807) is 12.1 Å². The van der Waals surface area contributed by atoms with Gasteiger partial charge in [0.25, 0.3) is 23.1 Å². The van der Waals surface area contributed by atoms with Crippen molar-refractivity contribution in [1.82, 2.24) is 14.9 Å². The molecule has 3 heterocycles. The zero-order valence-corrected chi connectivity index (χ0v) is 14.5. The molecule has 0 saturated carbocycles.